The average molecular weight is 484 g/mol. The van der Waals surface area contributed by atoms with Crippen LogP contribution in [0.1, 0.15) is 16.0 Å². The van der Waals surface area contributed by atoms with E-state index in [9.17, 15) is 5.26 Å². The lowest BCUT2D eigenvalue weighted by molar-refractivity contribution is 0.269. The van der Waals surface area contributed by atoms with Gasteiger partial charge in [-0.3, -0.25) is 9.67 Å². The van der Waals surface area contributed by atoms with Crippen molar-refractivity contribution in [1.82, 2.24) is 14.8 Å². The average Bonchev–Trinajstić information content (AvgIpc) is 3.41. The number of ether oxygens (including phenoxy) is 1. The Bertz CT molecular complexity index is 1410. The molecule has 0 radical (unpaired) electrons. The largest absolute Gasteiger partial charge is 0.495 e. The first-order valence-electron chi connectivity index (χ1n) is 9.30. The quantitative estimate of drug-likeness (QED) is 0.395. The van der Waals surface area contributed by atoms with E-state index in [1.807, 2.05) is 6.07 Å². The van der Waals surface area contributed by atoms with Crippen molar-refractivity contribution in [3.63, 3.8) is 0 Å². The summed E-state index contributed by atoms with van der Waals surface area (Å²) in [7, 11) is 1.52. The molecule has 4 rings (SSSR count). The normalized spacial score (nSPS) is 10.5. The molecule has 0 saturated carbocycles. The summed E-state index contributed by atoms with van der Waals surface area (Å²) in [6.07, 6.45) is 4.92. The third kappa shape index (κ3) is 4.50. The number of aliphatic hydroxyl groups is 1. The summed E-state index contributed by atoms with van der Waals surface area (Å²) >= 11 is 13.9. The minimum Gasteiger partial charge on any atom is -0.495 e. The van der Waals surface area contributed by atoms with Crippen molar-refractivity contribution in [1.29, 1.82) is 5.26 Å². The fraction of sp³-hybridized carbons (Fsp3) is 0.136. The molecule has 0 saturated heterocycles. The number of hydrogen-bond acceptors (Lipinski definition) is 7. The highest BCUT2D eigenvalue weighted by atomic mass is 35.5. The third-order valence-electron chi connectivity index (χ3n) is 4.46. The van der Waals surface area contributed by atoms with E-state index < -0.39 is 0 Å². The van der Waals surface area contributed by atoms with Crippen molar-refractivity contribution >= 4 is 56.1 Å². The zero-order valence-electron chi connectivity index (χ0n) is 16.7. The van der Waals surface area contributed by atoms with Crippen LogP contribution in [0.2, 0.25) is 10.0 Å². The number of fused-ring (bicyclic) bond motifs is 1. The molecule has 10 heteroatoms. The molecule has 7 nitrogen and oxygen atoms in total. The third-order valence-corrected chi connectivity index (χ3v) is 6.12. The molecule has 0 spiro atoms. The summed E-state index contributed by atoms with van der Waals surface area (Å²) in [5.41, 5.74) is 2.94. The van der Waals surface area contributed by atoms with E-state index in [2.05, 4.69) is 33.3 Å². The minimum atomic E-state index is 0.0110. The molecule has 0 atom stereocenters. The molecule has 32 heavy (non-hydrogen) atoms. The fourth-order valence-electron chi connectivity index (χ4n) is 2.95. The zero-order valence-corrected chi connectivity index (χ0v) is 19.0. The highest BCUT2D eigenvalue weighted by Gasteiger charge is 2.15. The van der Waals surface area contributed by atoms with Gasteiger partial charge in [-0.2, -0.15) is 10.4 Å². The van der Waals surface area contributed by atoms with Gasteiger partial charge in [0.05, 0.1) is 74.1 Å². The van der Waals surface area contributed by atoms with E-state index >= 15 is 0 Å². The van der Waals surface area contributed by atoms with Crippen LogP contribution in [0.5, 0.6) is 5.75 Å². The topological polar surface area (TPSA) is 96.0 Å². The zero-order chi connectivity index (χ0) is 22.7. The maximum Gasteiger partial charge on any atom is 0.139 e. The van der Waals surface area contributed by atoms with Crippen LogP contribution in [0, 0.1) is 23.2 Å². The molecule has 160 valence electrons. The van der Waals surface area contributed by atoms with E-state index in [4.69, 9.17) is 33.0 Å². The van der Waals surface area contributed by atoms with E-state index in [0.29, 0.717) is 44.8 Å². The number of methoxy groups -OCH3 is 1. The lowest BCUT2D eigenvalue weighted by Crippen LogP contribution is -2.01. The van der Waals surface area contributed by atoms with Crippen LogP contribution >= 0.6 is 34.5 Å². The molecule has 0 aliphatic heterocycles. The number of thiophene rings is 1. The molecule has 0 aliphatic carbocycles. The summed E-state index contributed by atoms with van der Waals surface area (Å²) in [6, 6.07) is 7.28. The lowest BCUT2D eigenvalue weighted by Gasteiger charge is -2.13. The summed E-state index contributed by atoms with van der Waals surface area (Å²) in [5.74, 6) is 6.63. The summed E-state index contributed by atoms with van der Waals surface area (Å²) in [4.78, 5) is 5.16. The Hall–Kier alpha value is -3.27. The van der Waals surface area contributed by atoms with E-state index in [-0.39, 0.29) is 6.61 Å². The van der Waals surface area contributed by atoms with Crippen LogP contribution in [0.25, 0.3) is 10.2 Å². The monoisotopic (exact) mass is 483 g/mol. The fourth-order valence-corrected chi connectivity index (χ4v) is 4.43. The van der Waals surface area contributed by atoms with Gasteiger partial charge >= 0.3 is 0 Å². The molecule has 0 aliphatic rings. The molecule has 0 fully saturated rings. The van der Waals surface area contributed by atoms with E-state index in [1.165, 1.54) is 24.6 Å². The van der Waals surface area contributed by atoms with Crippen LogP contribution < -0.4 is 10.1 Å². The number of nitrogens with one attached hydrogen (secondary N) is 1. The van der Waals surface area contributed by atoms with Crippen LogP contribution in [0.3, 0.4) is 0 Å². The molecule has 0 amide bonds. The van der Waals surface area contributed by atoms with Gasteiger partial charge in [0.15, 0.2) is 0 Å². The van der Waals surface area contributed by atoms with Gasteiger partial charge in [-0.25, -0.2) is 0 Å². The number of aliphatic hydroxyl groups excluding tert-OH is 1. The second-order valence-electron chi connectivity index (χ2n) is 6.54. The van der Waals surface area contributed by atoms with Crippen LogP contribution in [-0.4, -0.2) is 33.6 Å². The Kier molecular flexibility index (Phi) is 6.50. The van der Waals surface area contributed by atoms with Gasteiger partial charge in [0.25, 0.3) is 0 Å². The standard InChI is InChI=1S/C22H15Cl2N5O2S/c1-31-20-8-18(16(23)7-17(20)24)28-21-14(9-25)11-26-19-6-15(32-22(19)21)3-2-13-10-27-29(12-13)4-5-30/h6-8,10-12,30H,4-5H2,1H3,(H,26,28). The van der Waals surface area contributed by atoms with Gasteiger partial charge in [-0.05, 0) is 12.1 Å². The van der Waals surface area contributed by atoms with Crippen molar-refractivity contribution in [2.45, 2.75) is 6.54 Å². The molecule has 0 unspecified atom stereocenters. The molecular formula is C22H15Cl2N5O2S. The van der Waals surface area contributed by atoms with Crippen molar-refractivity contribution in [3.05, 3.63) is 62.8 Å². The lowest BCUT2D eigenvalue weighted by atomic mass is 10.2. The van der Waals surface area contributed by atoms with Crippen molar-refractivity contribution in [3.8, 4) is 23.7 Å². The predicted molar refractivity (Wildman–Crippen MR) is 126 cm³/mol. The molecular weight excluding hydrogens is 469 g/mol. The van der Waals surface area contributed by atoms with Crippen molar-refractivity contribution in [2.24, 2.45) is 0 Å². The van der Waals surface area contributed by atoms with Gasteiger partial charge in [0.1, 0.15) is 11.8 Å². The number of halogens is 2. The van der Waals surface area contributed by atoms with Gasteiger partial charge in [0, 0.05) is 18.5 Å². The van der Waals surface area contributed by atoms with Crippen LogP contribution in [0.15, 0.2) is 36.8 Å². The SMILES string of the molecule is COc1cc(Nc2c(C#N)cnc3cc(C#Cc4cnn(CCO)c4)sc23)c(Cl)cc1Cl. The van der Waals surface area contributed by atoms with Gasteiger partial charge in [0.2, 0.25) is 0 Å². The molecule has 1 aromatic carbocycles. The number of anilines is 2. The molecule has 3 aromatic heterocycles. The number of pyridine rings is 1. The molecule has 3 heterocycles. The minimum absolute atomic E-state index is 0.0110. The molecule has 2 N–H and O–H groups in total. The summed E-state index contributed by atoms with van der Waals surface area (Å²) < 4.78 is 7.67. The second-order valence-corrected chi connectivity index (χ2v) is 8.41. The van der Waals surface area contributed by atoms with Gasteiger partial charge in [-0.15, -0.1) is 11.3 Å². The Labute approximate surface area is 197 Å². The Morgan fingerprint density at radius 1 is 1.22 bits per heavy atom. The first-order chi connectivity index (χ1) is 15.5. The van der Waals surface area contributed by atoms with E-state index in [0.717, 1.165) is 15.1 Å². The Balaban J connectivity index is 1.73. The first-order valence-corrected chi connectivity index (χ1v) is 10.9. The van der Waals surface area contributed by atoms with Gasteiger partial charge < -0.3 is 15.2 Å². The van der Waals surface area contributed by atoms with Crippen molar-refractivity contribution < 1.29 is 9.84 Å². The molecule has 0 bridgehead atoms. The summed E-state index contributed by atoms with van der Waals surface area (Å²) in [6.45, 7) is 0.426. The second kappa shape index (κ2) is 9.47. The number of aromatic nitrogens is 3. The van der Waals surface area contributed by atoms with E-state index in [1.54, 1.807) is 29.2 Å². The van der Waals surface area contributed by atoms with Crippen LogP contribution in [0.4, 0.5) is 11.4 Å². The van der Waals surface area contributed by atoms with Crippen LogP contribution in [-0.2, 0) is 6.54 Å². The molecule has 4 aromatic rings. The number of nitriles is 1. The first kappa shape index (κ1) is 21.9. The summed E-state index contributed by atoms with van der Waals surface area (Å²) in [5, 5.41) is 26.8. The maximum absolute atomic E-state index is 9.62. The smallest absolute Gasteiger partial charge is 0.139 e. The number of hydrogen-bond donors (Lipinski definition) is 2. The number of nitrogens with zero attached hydrogens (tertiary/aromatic N) is 4. The Morgan fingerprint density at radius 3 is 2.81 bits per heavy atom. The highest BCUT2D eigenvalue weighted by molar-refractivity contribution is 7.20. The Morgan fingerprint density at radius 2 is 2.06 bits per heavy atom. The van der Waals surface area contributed by atoms with Gasteiger partial charge in [-0.1, -0.05) is 35.0 Å². The number of benzene rings is 1. The number of rotatable bonds is 5. The predicted octanol–water partition coefficient (Wildman–Crippen LogP) is 4.82. The van der Waals surface area contributed by atoms with Crippen molar-refractivity contribution in [2.75, 3.05) is 19.0 Å². The highest BCUT2D eigenvalue weighted by Crippen LogP contribution is 2.39. The maximum atomic E-state index is 9.62.